The first kappa shape index (κ1) is 12.5. The first-order valence-electron chi connectivity index (χ1n) is 5.88. The van der Waals surface area contributed by atoms with Gasteiger partial charge in [0.15, 0.2) is 0 Å². The molecule has 1 fully saturated rings. The molecular formula is C11H22N2O2. The van der Waals surface area contributed by atoms with Crippen molar-refractivity contribution in [2.45, 2.75) is 45.2 Å². The molecule has 0 aromatic carbocycles. The largest absolute Gasteiger partial charge is 0.466 e. The van der Waals surface area contributed by atoms with E-state index in [1.165, 1.54) is 6.42 Å². The summed E-state index contributed by atoms with van der Waals surface area (Å²) in [5, 5.41) is 6.83. The highest BCUT2D eigenvalue weighted by molar-refractivity contribution is 5.70. The second-order valence-corrected chi connectivity index (χ2v) is 4.02. The molecule has 1 aliphatic rings. The summed E-state index contributed by atoms with van der Waals surface area (Å²) in [4.78, 5) is 11.3. The maximum Gasteiger partial charge on any atom is 0.307 e. The van der Waals surface area contributed by atoms with Gasteiger partial charge in [0.05, 0.1) is 13.0 Å². The van der Waals surface area contributed by atoms with Crippen LogP contribution in [0.4, 0.5) is 0 Å². The van der Waals surface area contributed by atoms with Gasteiger partial charge in [-0.25, -0.2) is 0 Å². The fraction of sp³-hybridized carbons (Fsp3) is 0.909. The van der Waals surface area contributed by atoms with Crippen LogP contribution in [0.15, 0.2) is 0 Å². The van der Waals surface area contributed by atoms with Crippen molar-refractivity contribution < 1.29 is 9.53 Å². The third-order valence-electron chi connectivity index (χ3n) is 2.61. The predicted molar refractivity (Wildman–Crippen MR) is 59.7 cm³/mol. The summed E-state index contributed by atoms with van der Waals surface area (Å²) in [6.45, 7) is 6.35. The van der Waals surface area contributed by atoms with Crippen molar-refractivity contribution in [1.29, 1.82) is 0 Å². The van der Waals surface area contributed by atoms with Crippen LogP contribution in [0.25, 0.3) is 0 Å². The normalized spacial score (nSPS) is 26.3. The zero-order valence-corrected chi connectivity index (χ0v) is 9.71. The molecule has 1 heterocycles. The second-order valence-electron chi connectivity index (χ2n) is 4.02. The average molecular weight is 214 g/mol. The third kappa shape index (κ3) is 4.62. The summed E-state index contributed by atoms with van der Waals surface area (Å²) in [6, 6.07) is 0.734. The van der Waals surface area contributed by atoms with Crippen LogP contribution in [-0.2, 0) is 9.53 Å². The summed E-state index contributed by atoms with van der Waals surface area (Å²) in [6.07, 6.45) is 2.80. The molecule has 1 aliphatic heterocycles. The first-order valence-corrected chi connectivity index (χ1v) is 5.88. The lowest BCUT2D eigenvalue weighted by Crippen LogP contribution is -2.55. The number of hydrogen-bond acceptors (Lipinski definition) is 4. The Kier molecular flexibility index (Phi) is 5.65. The summed E-state index contributed by atoms with van der Waals surface area (Å²) >= 11 is 0. The monoisotopic (exact) mass is 214 g/mol. The van der Waals surface area contributed by atoms with E-state index in [4.69, 9.17) is 4.74 Å². The van der Waals surface area contributed by atoms with Crippen molar-refractivity contribution in [1.82, 2.24) is 10.6 Å². The van der Waals surface area contributed by atoms with E-state index in [1.807, 2.05) is 6.92 Å². The highest BCUT2D eigenvalue weighted by Gasteiger charge is 2.22. The number of rotatable bonds is 5. The fourth-order valence-corrected chi connectivity index (χ4v) is 1.97. The van der Waals surface area contributed by atoms with Crippen LogP contribution in [0.2, 0.25) is 0 Å². The topological polar surface area (TPSA) is 50.4 Å². The molecule has 2 atom stereocenters. The van der Waals surface area contributed by atoms with E-state index in [9.17, 15) is 4.79 Å². The summed E-state index contributed by atoms with van der Waals surface area (Å²) < 4.78 is 4.93. The second kappa shape index (κ2) is 6.80. The molecule has 0 radical (unpaired) electrons. The Balaban J connectivity index is 2.26. The van der Waals surface area contributed by atoms with Gasteiger partial charge in [-0.05, 0) is 13.3 Å². The van der Waals surface area contributed by atoms with Crippen LogP contribution in [0.1, 0.15) is 33.1 Å². The van der Waals surface area contributed by atoms with Gasteiger partial charge in [0.1, 0.15) is 0 Å². The Morgan fingerprint density at radius 1 is 1.33 bits per heavy atom. The van der Waals surface area contributed by atoms with Crippen molar-refractivity contribution in [3.63, 3.8) is 0 Å². The SMILES string of the molecule is CCC[C@@H]1CNC[C@H](CC(=O)OCC)N1. The summed E-state index contributed by atoms with van der Waals surface area (Å²) in [5.74, 6) is -0.103. The molecule has 1 saturated heterocycles. The van der Waals surface area contributed by atoms with Crippen LogP contribution >= 0.6 is 0 Å². The Morgan fingerprint density at radius 3 is 2.73 bits per heavy atom. The molecule has 0 saturated carbocycles. The molecule has 88 valence electrons. The molecule has 0 aliphatic carbocycles. The first-order chi connectivity index (χ1) is 7.26. The van der Waals surface area contributed by atoms with Crippen LogP contribution in [0.3, 0.4) is 0 Å². The van der Waals surface area contributed by atoms with Crippen molar-refractivity contribution in [3.05, 3.63) is 0 Å². The van der Waals surface area contributed by atoms with Crippen molar-refractivity contribution in [2.24, 2.45) is 0 Å². The number of carbonyl (C=O) groups is 1. The molecule has 2 N–H and O–H groups in total. The molecule has 15 heavy (non-hydrogen) atoms. The molecular weight excluding hydrogens is 192 g/mol. The molecule has 4 heteroatoms. The zero-order chi connectivity index (χ0) is 11.1. The van der Waals surface area contributed by atoms with Crippen molar-refractivity contribution >= 4 is 5.97 Å². The van der Waals surface area contributed by atoms with Crippen LogP contribution < -0.4 is 10.6 Å². The highest BCUT2D eigenvalue weighted by Crippen LogP contribution is 2.05. The van der Waals surface area contributed by atoms with Crippen molar-refractivity contribution in [2.75, 3.05) is 19.7 Å². The number of hydrogen-bond donors (Lipinski definition) is 2. The van der Waals surface area contributed by atoms with E-state index < -0.39 is 0 Å². The standard InChI is InChI=1S/C11H22N2O2/c1-3-5-9-7-12-8-10(13-9)6-11(14)15-4-2/h9-10,12-13H,3-8H2,1-2H3/t9-,10+/m1/s1. The Hall–Kier alpha value is -0.610. The minimum Gasteiger partial charge on any atom is -0.466 e. The van der Waals surface area contributed by atoms with Crippen LogP contribution in [0, 0.1) is 0 Å². The maximum atomic E-state index is 11.3. The van der Waals surface area contributed by atoms with Gasteiger partial charge in [0.2, 0.25) is 0 Å². The lowest BCUT2D eigenvalue weighted by molar-refractivity contribution is -0.143. The molecule has 0 aromatic heterocycles. The molecule has 0 aromatic rings. The van der Waals surface area contributed by atoms with E-state index in [1.54, 1.807) is 0 Å². The molecule has 0 spiro atoms. The highest BCUT2D eigenvalue weighted by atomic mass is 16.5. The Labute approximate surface area is 91.8 Å². The lowest BCUT2D eigenvalue weighted by Gasteiger charge is -2.31. The lowest BCUT2D eigenvalue weighted by atomic mass is 10.1. The molecule has 0 amide bonds. The number of piperazine rings is 1. The zero-order valence-electron chi connectivity index (χ0n) is 9.71. The predicted octanol–water partition coefficient (Wildman–Crippen LogP) is 0.670. The number of esters is 1. The van der Waals surface area contributed by atoms with Gasteiger partial charge < -0.3 is 15.4 Å². The van der Waals surface area contributed by atoms with Gasteiger partial charge in [0.25, 0.3) is 0 Å². The van der Waals surface area contributed by atoms with Crippen LogP contribution in [0.5, 0.6) is 0 Å². The van der Waals surface area contributed by atoms with Gasteiger partial charge in [-0.2, -0.15) is 0 Å². The number of carbonyl (C=O) groups excluding carboxylic acids is 1. The molecule has 4 nitrogen and oxygen atoms in total. The van der Waals surface area contributed by atoms with Gasteiger partial charge in [0, 0.05) is 25.2 Å². The summed E-state index contributed by atoms with van der Waals surface area (Å²) in [5.41, 5.74) is 0. The van der Waals surface area contributed by atoms with E-state index in [2.05, 4.69) is 17.6 Å². The van der Waals surface area contributed by atoms with E-state index >= 15 is 0 Å². The van der Waals surface area contributed by atoms with Gasteiger partial charge in [-0.1, -0.05) is 13.3 Å². The summed E-state index contributed by atoms with van der Waals surface area (Å²) in [7, 11) is 0. The quantitative estimate of drug-likeness (QED) is 0.660. The molecule has 0 bridgehead atoms. The van der Waals surface area contributed by atoms with E-state index in [0.29, 0.717) is 19.1 Å². The minimum atomic E-state index is -0.103. The number of nitrogens with one attached hydrogen (secondary N) is 2. The van der Waals surface area contributed by atoms with Crippen LogP contribution in [-0.4, -0.2) is 37.7 Å². The molecule has 1 rings (SSSR count). The third-order valence-corrected chi connectivity index (χ3v) is 2.61. The van der Waals surface area contributed by atoms with Crippen molar-refractivity contribution in [3.8, 4) is 0 Å². The maximum absolute atomic E-state index is 11.3. The minimum absolute atomic E-state index is 0.103. The van der Waals surface area contributed by atoms with E-state index in [0.717, 1.165) is 19.5 Å². The fourth-order valence-electron chi connectivity index (χ4n) is 1.97. The number of ether oxygens (including phenoxy) is 1. The molecule has 0 unspecified atom stereocenters. The Morgan fingerprint density at radius 2 is 2.07 bits per heavy atom. The van der Waals surface area contributed by atoms with Gasteiger partial charge in [-0.15, -0.1) is 0 Å². The smallest absolute Gasteiger partial charge is 0.307 e. The van der Waals surface area contributed by atoms with Gasteiger partial charge >= 0.3 is 5.97 Å². The van der Waals surface area contributed by atoms with Gasteiger partial charge in [-0.3, -0.25) is 4.79 Å². The average Bonchev–Trinajstić information content (AvgIpc) is 2.19. The van der Waals surface area contributed by atoms with E-state index in [-0.39, 0.29) is 12.0 Å². The Bertz CT molecular complexity index is 195.